The molecule has 2 rings (SSSR count). The second-order valence-corrected chi connectivity index (χ2v) is 5.38. The molecule has 0 aliphatic heterocycles. The maximum Gasteiger partial charge on any atom is 0.124 e. The molecule has 0 aliphatic rings. The number of ether oxygens (including phenoxy) is 1. The molecule has 0 amide bonds. The molecule has 0 saturated heterocycles. The SMILES string of the molecule is CNCc1cc(Cl)ccc1OCc1c(C)cccc1C. The molecule has 0 aliphatic carbocycles. The quantitative estimate of drug-likeness (QED) is 0.888. The summed E-state index contributed by atoms with van der Waals surface area (Å²) in [5, 5.41) is 3.87. The number of hydrogen-bond donors (Lipinski definition) is 1. The Labute approximate surface area is 125 Å². The maximum absolute atomic E-state index is 6.04. The maximum atomic E-state index is 6.04. The fourth-order valence-electron chi connectivity index (χ4n) is 2.24. The third kappa shape index (κ3) is 3.53. The van der Waals surface area contributed by atoms with Crippen LogP contribution in [0.4, 0.5) is 0 Å². The van der Waals surface area contributed by atoms with Gasteiger partial charge in [0, 0.05) is 17.1 Å². The van der Waals surface area contributed by atoms with Crippen molar-refractivity contribution in [3.63, 3.8) is 0 Å². The van der Waals surface area contributed by atoms with Gasteiger partial charge in [0.15, 0.2) is 0 Å². The number of halogens is 1. The van der Waals surface area contributed by atoms with Crippen molar-refractivity contribution in [1.29, 1.82) is 0 Å². The molecule has 3 heteroatoms. The Morgan fingerprint density at radius 1 is 1.10 bits per heavy atom. The fourth-order valence-corrected chi connectivity index (χ4v) is 2.44. The fraction of sp³-hybridized carbons (Fsp3) is 0.294. The summed E-state index contributed by atoms with van der Waals surface area (Å²) in [7, 11) is 1.91. The van der Waals surface area contributed by atoms with Gasteiger partial charge in [-0.15, -0.1) is 0 Å². The van der Waals surface area contributed by atoms with Crippen molar-refractivity contribution in [2.45, 2.75) is 27.0 Å². The van der Waals surface area contributed by atoms with Gasteiger partial charge < -0.3 is 10.1 Å². The van der Waals surface area contributed by atoms with Crippen molar-refractivity contribution < 1.29 is 4.74 Å². The first-order valence-electron chi connectivity index (χ1n) is 6.72. The van der Waals surface area contributed by atoms with Crippen molar-refractivity contribution in [2.24, 2.45) is 0 Å². The highest BCUT2D eigenvalue weighted by molar-refractivity contribution is 6.30. The molecule has 0 aromatic heterocycles. The van der Waals surface area contributed by atoms with E-state index in [1.807, 2.05) is 25.2 Å². The second kappa shape index (κ2) is 6.78. The summed E-state index contributed by atoms with van der Waals surface area (Å²) in [5.74, 6) is 0.881. The van der Waals surface area contributed by atoms with Gasteiger partial charge in [0.25, 0.3) is 0 Å². The van der Waals surface area contributed by atoms with E-state index in [0.29, 0.717) is 6.61 Å². The molecule has 0 atom stereocenters. The molecular formula is C17H20ClNO. The molecular weight excluding hydrogens is 270 g/mol. The number of aryl methyl sites for hydroxylation is 2. The van der Waals surface area contributed by atoms with Crippen molar-refractivity contribution in [3.05, 3.63) is 63.7 Å². The zero-order valence-electron chi connectivity index (χ0n) is 12.2. The van der Waals surface area contributed by atoms with E-state index >= 15 is 0 Å². The van der Waals surface area contributed by atoms with Crippen LogP contribution in [-0.4, -0.2) is 7.05 Å². The lowest BCUT2D eigenvalue weighted by molar-refractivity contribution is 0.301. The van der Waals surface area contributed by atoms with Gasteiger partial charge in [-0.25, -0.2) is 0 Å². The summed E-state index contributed by atoms with van der Waals surface area (Å²) in [6.07, 6.45) is 0. The number of hydrogen-bond acceptors (Lipinski definition) is 2. The van der Waals surface area contributed by atoms with Gasteiger partial charge in [-0.2, -0.15) is 0 Å². The van der Waals surface area contributed by atoms with Crippen molar-refractivity contribution in [3.8, 4) is 5.75 Å². The Bertz CT molecular complexity index is 575. The monoisotopic (exact) mass is 289 g/mol. The lowest BCUT2D eigenvalue weighted by atomic mass is 10.0. The minimum Gasteiger partial charge on any atom is -0.489 e. The van der Waals surface area contributed by atoms with Gasteiger partial charge in [-0.05, 0) is 55.8 Å². The highest BCUT2D eigenvalue weighted by Crippen LogP contribution is 2.25. The first-order valence-corrected chi connectivity index (χ1v) is 7.10. The van der Waals surface area contributed by atoms with Crippen molar-refractivity contribution >= 4 is 11.6 Å². The van der Waals surface area contributed by atoms with Gasteiger partial charge in [-0.3, -0.25) is 0 Å². The van der Waals surface area contributed by atoms with E-state index in [1.165, 1.54) is 16.7 Å². The summed E-state index contributed by atoms with van der Waals surface area (Å²) in [5.41, 5.74) is 4.84. The van der Waals surface area contributed by atoms with Crippen LogP contribution in [0.2, 0.25) is 5.02 Å². The Kier molecular flexibility index (Phi) is 5.05. The Morgan fingerprint density at radius 3 is 2.45 bits per heavy atom. The van der Waals surface area contributed by atoms with Crippen LogP contribution in [0.15, 0.2) is 36.4 Å². The molecule has 20 heavy (non-hydrogen) atoms. The Morgan fingerprint density at radius 2 is 1.80 bits per heavy atom. The van der Waals surface area contributed by atoms with Gasteiger partial charge in [0.1, 0.15) is 12.4 Å². The normalized spacial score (nSPS) is 10.6. The highest BCUT2D eigenvalue weighted by Gasteiger charge is 2.07. The molecule has 0 heterocycles. The van der Waals surface area contributed by atoms with Gasteiger partial charge >= 0.3 is 0 Å². The molecule has 0 saturated carbocycles. The number of benzene rings is 2. The summed E-state index contributed by atoms with van der Waals surface area (Å²) in [4.78, 5) is 0. The van der Waals surface area contributed by atoms with Crippen LogP contribution in [0.1, 0.15) is 22.3 Å². The molecule has 0 radical (unpaired) electrons. The summed E-state index contributed by atoms with van der Waals surface area (Å²) in [6, 6.07) is 12.0. The molecule has 1 N–H and O–H groups in total. The average Bonchev–Trinajstić information content (AvgIpc) is 2.40. The van der Waals surface area contributed by atoms with Crippen LogP contribution >= 0.6 is 11.6 Å². The van der Waals surface area contributed by atoms with E-state index in [4.69, 9.17) is 16.3 Å². The van der Waals surface area contributed by atoms with E-state index in [-0.39, 0.29) is 0 Å². The zero-order chi connectivity index (χ0) is 14.5. The van der Waals surface area contributed by atoms with Gasteiger partial charge in [-0.1, -0.05) is 29.8 Å². The van der Waals surface area contributed by atoms with Gasteiger partial charge in [0.05, 0.1) is 0 Å². The topological polar surface area (TPSA) is 21.3 Å². The lowest BCUT2D eigenvalue weighted by Crippen LogP contribution is -2.08. The van der Waals surface area contributed by atoms with Crippen LogP contribution < -0.4 is 10.1 Å². The van der Waals surface area contributed by atoms with E-state index in [9.17, 15) is 0 Å². The smallest absolute Gasteiger partial charge is 0.124 e. The molecule has 0 unspecified atom stereocenters. The van der Waals surface area contributed by atoms with Crippen LogP contribution in [0.5, 0.6) is 5.75 Å². The summed E-state index contributed by atoms with van der Waals surface area (Å²) < 4.78 is 5.99. The van der Waals surface area contributed by atoms with Crippen molar-refractivity contribution in [2.75, 3.05) is 7.05 Å². The van der Waals surface area contributed by atoms with Crippen molar-refractivity contribution in [1.82, 2.24) is 5.32 Å². The first kappa shape index (κ1) is 14.9. The van der Waals surface area contributed by atoms with Gasteiger partial charge in [0.2, 0.25) is 0 Å². The average molecular weight is 290 g/mol. The van der Waals surface area contributed by atoms with E-state index in [0.717, 1.165) is 22.9 Å². The van der Waals surface area contributed by atoms with Crippen LogP contribution in [0.25, 0.3) is 0 Å². The number of rotatable bonds is 5. The first-order chi connectivity index (χ1) is 9.61. The largest absolute Gasteiger partial charge is 0.489 e. The summed E-state index contributed by atoms with van der Waals surface area (Å²) >= 11 is 6.04. The number of nitrogens with one attached hydrogen (secondary N) is 1. The molecule has 0 fully saturated rings. The molecule has 2 aromatic rings. The minimum absolute atomic E-state index is 0.580. The molecule has 2 nitrogen and oxygen atoms in total. The third-order valence-corrected chi connectivity index (χ3v) is 3.64. The van der Waals surface area contributed by atoms with Crippen LogP contribution in [0.3, 0.4) is 0 Å². The summed E-state index contributed by atoms with van der Waals surface area (Å²) in [6.45, 7) is 5.55. The van der Waals surface area contributed by atoms with Crippen LogP contribution in [0, 0.1) is 13.8 Å². The predicted octanol–water partition coefficient (Wildman–Crippen LogP) is 4.26. The molecule has 0 bridgehead atoms. The third-order valence-electron chi connectivity index (χ3n) is 3.41. The van der Waals surface area contributed by atoms with E-state index in [2.05, 4.69) is 37.4 Å². The van der Waals surface area contributed by atoms with Crippen LogP contribution in [-0.2, 0) is 13.2 Å². The standard InChI is InChI=1S/C17H20ClNO/c1-12-5-4-6-13(2)16(12)11-20-17-8-7-15(18)9-14(17)10-19-3/h4-9,19H,10-11H2,1-3H3. The zero-order valence-corrected chi connectivity index (χ0v) is 12.9. The second-order valence-electron chi connectivity index (χ2n) is 4.94. The highest BCUT2D eigenvalue weighted by atomic mass is 35.5. The minimum atomic E-state index is 0.580. The molecule has 106 valence electrons. The Balaban J connectivity index is 2.18. The molecule has 2 aromatic carbocycles. The molecule has 0 spiro atoms. The van der Waals surface area contributed by atoms with E-state index < -0.39 is 0 Å². The predicted molar refractivity (Wildman–Crippen MR) is 84.5 cm³/mol. The lowest BCUT2D eigenvalue weighted by Gasteiger charge is -2.14. The Hall–Kier alpha value is -1.51. The van der Waals surface area contributed by atoms with E-state index in [1.54, 1.807) is 0 Å².